The minimum atomic E-state index is -0.676. The van der Waals surface area contributed by atoms with E-state index in [-0.39, 0.29) is 5.75 Å². The molecule has 1 aromatic carbocycles. The molecule has 0 amide bonds. The van der Waals surface area contributed by atoms with Gasteiger partial charge in [-0.1, -0.05) is 12.1 Å². The molecule has 0 spiro atoms. The number of hydrogen-bond donors (Lipinski definition) is 3. The lowest BCUT2D eigenvalue weighted by atomic mass is 10.1. The number of hydrogen-bond acceptors (Lipinski definition) is 5. The zero-order valence-corrected chi connectivity index (χ0v) is 11.0. The first-order valence-electron chi connectivity index (χ1n) is 6.08. The van der Waals surface area contributed by atoms with Crippen molar-refractivity contribution in [2.24, 2.45) is 0 Å². The summed E-state index contributed by atoms with van der Waals surface area (Å²) in [4.78, 5) is 8.48. The van der Waals surface area contributed by atoms with E-state index in [1.807, 2.05) is 19.9 Å². The molecule has 0 radical (unpaired) electrons. The summed E-state index contributed by atoms with van der Waals surface area (Å²) in [6, 6.07) is 8.35. The molecular weight excluding hydrogens is 242 g/mol. The Balaban J connectivity index is 1.99. The van der Waals surface area contributed by atoms with Crippen LogP contribution in [0.4, 0.5) is 5.95 Å². The summed E-state index contributed by atoms with van der Waals surface area (Å²) in [5.74, 6) is 0.692. The molecule has 100 valence electrons. The maximum atomic E-state index is 10.0. The average Bonchev–Trinajstić information content (AvgIpc) is 2.36. The Morgan fingerprint density at radius 3 is 2.26 bits per heavy atom. The first-order chi connectivity index (χ1) is 9.04. The predicted molar refractivity (Wildman–Crippen MR) is 73.1 cm³/mol. The lowest BCUT2D eigenvalue weighted by molar-refractivity contribution is 0.191. The molecule has 5 nitrogen and oxygen atoms in total. The van der Waals surface area contributed by atoms with Crippen LogP contribution in [0.1, 0.15) is 23.1 Å². The largest absolute Gasteiger partial charge is 0.508 e. The zero-order valence-electron chi connectivity index (χ0n) is 11.0. The van der Waals surface area contributed by atoms with E-state index in [9.17, 15) is 10.2 Å². The number of aromatic nitrogens is 2. The van der Waals surface area contributed by atoms with E-state index in [2.05, 4.69) is 15.3 Å². The maximum Gasteiger partial charge on any atom is 0.223 e. The summed E-state index contributed by atoms with van der Waals surface area (Å²) in [5, 5.41) is 22.2. The highest BCUT2D eigenvalue weighted by molar-refractivity contribution is 5.31. The molecule has 5 heteroatoms. The molecule has 0 bridgehead atoms. The summed E-state index contributed by atoms with van der Waals surface area (Å²) in [7, 11) is 0. The van der Waals surface area contributed by atoms with Gasteiger partial charge in [0.05, 0.1) is 6.10 Å². The van der Waals surface area contributed by atoms with Gasteiger partial charge in [-0.15, -0.1) is 0 Å². The first-order valence-corrected chi connectivity index (χ1v) is 6.08. The molecular formula is C14H17N3O2. The van der Waals surface area contributed by atoms with Crippen molar-refractivity contribution in [1.82, 2.24) is 9.97 Å². The molecule has 19 heavy (non-hydrogen) atoms. The topological polar surface area (TPSA) is 78.3 Å². The van der Waals surface area contributed by atoms with Gasteiger partial charge in [0.25, 0.3) is 0 Å². The second kappa shape index (κ2) is 5.67. The van der Waals surface area contributed by atoms with Crippen molar-refractivity contribution in [3.8, 4) is 5.75 Å². The normalized spacial score (nSPS) is 12.2. The Hall–Kier alpha value is -2.14. The van der Waals surface area contributed by atoms with E-state index in [0.717, 1.165) is 17.0 Å². The van der Waals surface area contributed by atoms with Gasteiger partial charge < -0.3 is 15.5 Å². The molecule has 0 aliphatic carbocycles. The number of nitrogens with one attached hydrogen (secondary N) is 1. The van der Waals surface area contributed by atoms with Crippen molar-refractivity contribution in [3.63, 3.8) is 0 Å². The zero-order chi connectivity index (χ0) is 13.8. The van der Waals surface area contributed by atoms with Gasteiger partial charge in [0.1, 0.15) is 5.75 Å². The number of aryl methyl sites for hydroxylation is 2. The fourth-order valence-corrected chi connectivity index (χ4v) is 1.81. The van der Waals surface area contributed by atoms with E-state index in [1.165, 1.54) is 0 Å². The number of benzene rings is 1. The molecule has 1 heterocycles. The van der Waals surface area contributed by atoms with Crippen molar-refractivity contribution < 1.29 is 10.2 Å². The second-order valence-electron chi connectivity index (χ2n) is 4.46. The second-order valence-corrected chi connectivity index (χ2v) is 4.46. The van der Waals surface area contributed by atoms with Crippen LogP contribution in [0, 0.1) is 13.8 Å². The summed E-state index contributed by atoms with van der Waals surface area (Å²) < 4.78 is 0. The standard InChI is InChI=1S/C14H17N3O2/c1-9-7-10(2)17-14(16-9)15-8-13(19)11-3-5-12(18)6-4-11/h3-7,13,18-19H,8H2,1-2H3,(H,15,16,17). The minimum Gasteiger partial charge on any atom is -0.508 e. The fourth-order valence-electron chi connectivity index (χ4n) is 1.81. The SMILES string of the molecule is Cc1cc(C)nc(NCC(O)c2ccc(O)cc2)n1. The van der Waals surface area contributed by atoms with Crippen LogP contribution in [-0.4, -0.2) is 26.7 Å². The number of rotatable bonds is 4. The third-order valence-corrected chi connectivity index (χ3v) is 2.71. The van der Waals surface area contributed by atoms with Crippen LogP contribution < -0.4 is 5.32 Å². The highest BCUT2D eigenvalue weighted by Crippen LogP contribution is 2.17. The third kappa shape index (κ3) is 3.66. The van der Waals surface area contributed by atoms with Gasteiger partial charge in [0.2, 0.25) is 5.95 Å². The molecule has 2 aromatic rings. The van der Waals surface area contributed by atoms with Crippen molar-refractivity contribution in [3.05, 3.63) is 47.3 Å². The molecule has 0 aliphatic rings. The van der Waals surface area contributed by atoms with Gasteiger partial charge in [-0.3, -0.25) is 0 Å². The number of aromatic hydroxyl groups is 1. The Bertz CT molecular complexity index is 535. The average molecular weight is 259 g/mol. The molecule has 2 rings (SSSR count). The van der Waals surface area contributed by atoms with E-state index < -0.39 is 6.10 Å². The quantitative estimate of drug-likeness (QED) is 0.782. The summed E-state index contributed by atoms with van der Waals surface area (Å²) in [6.07, 6.45) is -0.676. The van der Waals surface area contributed by atoms with Gasteiger partial charge in [-0.2, -0.15) is 0 Å². The van der Waals surface area contributed by atoms with E-state index >= 15 is 0 Å². The van der Waals surface area contributed by atoms with Crippen LogP contribution >= 0.6 is 0 Å². The smallest absolute Gasteiger partial charge is 0.223 e. The summed E-state index contributed by atoms with van der Waals surface area (Å²) in [5.41, 5.74) is 2.50. The predicted octanol–water partition coefficient (Wildman–Crippen LogP) is 1.94. The van der Waals surface area contributed by atoms with Gasteiger partial charge in [0.15, 0.2) is 0 Å². The van der Waals surface area contributed by atoms with Crippen LogP contribution in [-0.2, 0) is 0 Å². The van der Waals surface area contributed by atoms with Crippen molar-refractivity contribution in [2.75, 3.05) is 11.9 Å². The van der Waals surface area contributed by atoms with E-state index in [4.69, 9.17) is 0 Å². The van der Waals surface area contributed by atoms with Crippen LogP contribution in [0.15, 0.2) is 30.3 Å². The number of phenolic OH excluding ortho intramolecular Hbond substituents is 1. The Morgan fingerprint density at radius 2 is 1.68 bits per heavy atom. The van der Waals surface area contributed by atoms with Crippen LogP contribution in [0.3, 0.4) is 0 Å². The molecule has 3 N–H and O–H groups in total. The lowest BCUT2D eigenvalue weighted by Crippen LogP contribution is -2.14. The summed E-state index contributed by atoms with van der Waals surface area (Å²) in [6.45, 7) is 4.11. The number of anilines is 1. The van der Waals surface area contributed by atoms with Gasteiger partial charge in [-0.05, 0) is 37.6 Å². The molecule has 0 fully saturated rings. The number of nitrogens with zero attached hydrogens (tertiary/aromatic N) is 2. The molecule has 0 aliphatic heterocycles. The number of aliphatic hydroxyl groups is 1. The number of aliphatic hydroxyl groups excluding tert-OH is 1. The van der Waals surface area contributed by atoms with E-state index in [1.54, 1.807) is 24.3 Å². The minimum absolute atomic E-state index is 0.182. The van der Waals surface area contributed by atoms with Crippen LogP contribution in [0.25, 0.3) is 0 Å². The number of phenols is 1. The van der Waals surface area contributed by atoms with Crippen LogP contribution in [0.5, 0.6) is 5.75 Å². The van der Waals surface area contributed by atoms with Crippen LogP contribution in [0.2, 0.25) is 0 Å². The summed E-state index contributed by atoms with van der Waals surface area (Å²) >= 11 is 0. The van der Waals surface area contributed by atoms with Crippen molar-refractivity contribution in [1.29, 1.82) is 0 Å². The maximum absolute atomic E-state index is 10.0. The van der Waals surface area contributed by atoms with Crippen molar-refractivity contribution in [2.45, 2.75) is 20.0 Å². The highest BCUT2D eigenvalue weighted by atomic mass is 16.3. The third-order valence-electron chi connectivity index (χ3n) is 2.71. The molecule has 1 unspecified atom stereocenters. The van der Waals surface area contributed by atoms with Gasteiger partial charge >= 0.3 is 0 Å². The Morgan fingerprint density at radius 1 is 1.11 bits per heavy atom. The van der Waals surface area contributed by atoms with Crippen molar-refractivity contribution >= 4 is 5.95 Å². The molecule has 0 saturated carbocycles. The Kier molecular flexibility index (Phi) is 3.97. The first kappa shape index (κ1) is 13.3. The highest BCUT2D eigenvalue weighted by Gasteiger charge is 2.08. The Labute approximate surface area is 112 Å². The van der Waals surface area contributed by atoms with Gasteiger partial charge in [-0.25, -0.2) is 9.97 Å². The molecule has 1 atom stereocenters. The fraction of sp³-hybridized carbons (Fsp3) is 0.286. The van der Waals surface area contributed by atoms with E-state index in [0.29, 0.717) is 12.5 Å². The lowest BCUT2D eigenvalue weighted by Gasteiger charge is -2.12. The van der Waals surface area contributed by atoms with Gasteiger partial charge in [0, 0.05) is 17.9 Å². The molecule has 0 saturated heterocycles. The monoisotopic (exact) mass is 259 g/mol. The molecule has 1 aromatic heterocycles.